The zero-order chi connectivity index (χ0) is 20.1. The topological polar surface area (TPSA) is 57.2 Å². The van der Waals surface area contributed by atoms with Crippen LogP contribution in [-0.2, 0) is 4.79 Å². The van der Waals surface area contributed by atoms with Gasteiger partial charge in [0.25, 0.3) is 5.91 Å². The van der Waals surface area contributed by atoms with Crippen molar-refractivity contribution in [3.05, 3.63) is 47.8 Å². The number of amides is 1. The van der Waals surface area contributed by atoms with E-state index in [1.54, 1.807) is 56.2 Å². The molecule has 6 nitrogen and oxygen atoms in total. The maximum Gasteiger partial charge on any atom is 0.261 e. The third-order valence-electron chi connectivity index (χ3n) is 4.40. The molecule has 1 heterocycles. The molecule has 8 heteroatoms. The summed E-state index contributed by atoms with van der Waals surface area (Å²) in [5.74, 6) is 1.81. The maximum absolute atomic E-state index is 13.7. The van der Waals surface area contributed by atoms with E-state index >= 15 is 0 Å². The lowest BCUT2D eigenvalue weighted by atomic mass is 10.1. The van der Waals surface area contributed by atoms with Crippen LogP contribution in [0.2, 0.25) is 0 Å². The quantitative estimate of drug-likeness (QED) is 0.700. The molecule has 0 aromatic heterocycles. The molecule has 2 aromatic carbocycles. The van der Waals surface area contributed by atoms with Crippen LogP contribution in [0.4, 0.5) is 4.39 Å². The second-order valence-corrected chi connectivity index (χ2v) is 7.17. The Labute approximate surface area is 167 Å². The number of para-hydroxylation sites is 1. The van der Waals surface area contributed by atoms with Crippen LogP contribution in [0.3, 0.4) is 0 Å². The van der Waals surface area contributed by atoms with Crippen LogP contribution in [0.1, 0.15) is 10.9 Å². The van der Waals surface area contributed by atoms with Crippen molar-refractivity contribution in [2.24, 2.45) is 0 Å². The van der Waals surface area contributed by atoms with Crippen molar-refractivity contribution in [2.45, 2.75) is 5.37 Å². The summed E-state index contributed by atoms with van der Waals surface area (Å²) < 4.78 is 35.3. The Balaban J connectivity index is 1.80. The van der Waals surface area contributed by atoms with E-state index in [2.05, 4.69) is 0 Å². The number of methoxy groups -OCH3 is 3. The predicted octanol–water partition coefficient (Wildman–Crippen LogP) is 3.50. The van der Waals surface area contributed by atoms with Gasteiger partial charge in [-0.1, -0.05) is 12.1 Å². The van der Waals surface area contributed by atoms with Gasteiger partial charge in [-0.2, -0.15) is 0 Å². The molecule has 1 amide bonds. The molecule has 1 atom stereocenters. The molecular weight excluding hydrogens is 385 g/mol. The van der Waals surface area contributed by atoms with Gasteiger partial charge in [0, 0.05) is 23.9 Å². The summed E-state index contributed by atoms with van der Waals surface area (Å²) in [5.41, 5.74) is 0.807. The number of thioether (sulfide) groups is 1. The van der Waals surface area contributed by atoms with Gasteiger partial charge in [-0.25, -0.2) is 4.39 Å². The molecule has 28 heavy (non-hydrogen) atoms. The summed E-state index contributed by atoms with van der Waals surface area (Å²) in [6, 6.07) is 9.58. The number of hydrogen-bond donors (Lipinski definition) is 0. The van der Waals surface area contributed by atoms with Crippen LogP contribution in [0.15, 0.2) is 36.4 Å². The number of benzene rings is 2. The molecular formula is C20H22FNO5S. The van der Waals surface area contributed by atoms with E-state index in [1.807, 2.05) is 6.07 Å². The van der Waals surface area contributed by atoms with E-state index in [0.717, 1.165) is 11.3 Å². The first-order valence-corrected chi connectivity index (χ1v) is 9.72. The lowest BCUT2D eigenvalue weighted by Gasteiger charge is -2.26. The minimum atomic E-state index is -0.496. The van der Waals surface area contributed by atoms with Crippen LogP contribution >= 0.6 is 11.8 Å². The molecule has 1 saturated heterocycles. The SMILES string of the molecule is COc1cc(OC)c(C2SCCN2C(=O)COc2ccccc2F)cc1OC. The van der Waals surface area contributed by atoms with Crippen molar-refractivity contribution in [3.8, 4) is 23.0 Å². The zero-order valence-electron chi connectivity index (χ0n) is 15.9. The van der Waals surface area contributed by atoms with Gasteiger partial charge in [-0.3, -0.25) is 4.79 Å². The molecule has 0 aliphatic carbocycles. The standard InChI is InChI=1S/C20H22FNO5S/c1-24-16-11-18(26-3)17(25-2)10-13(16)20-22(8-9-28-20)19(23)12-27-15-7-5-4-6-14(15)21/h4-7,10-11,20H,8-9,12H2,1-3H3. The van der Waals surface area contributed by atoms with Gasteiger partial charge in [0.15, 0.2) is 29.7 Å². The van der Waals surface area contributed by atoms with E-state index in [9.17, 15) is 9.18 Å². The highest BCUT2D eigenvalue weighted by atomic mass is 32.2. The second-order valence-electron chi connectivity index (χ2n) is 5.98. The third-order valence-corrected chi connectivity index (χ3v) is 5.64. The lowest BCUT2D eigenvalue weighted by Crippen LogP contribution is -2.34. The molecule has 2 aromatic rings. The van der Waals surface area contributed by atoms with Crippen molar-refractivity contribution in [1.82, 2.24) is 4.90 Å². The van der Waals surface area contributed by atoms with E-state index in [4.69, 9.17) is 18.9 Å². The molecule has 0 N–H and O–H groups in total. The first-order chi connectivity index (χ1) is 13.6. The van der Waals surface area contributed by atoms with E-state index < -0.39 is 5.82 Å². The van der Waals surface area contributed by atoms with Crippen LogP contribution < -0.4 is 18.9 Å². The van der Waals surface area contributed by atoms with Gasteiger partial charge >= 0.3 is 0 Å². The highest BCUT2D eigenvalue weighted by Crippen LogP contribution is 2.46. The second kappa shape index (κ2) is 9.05. The van der Waals surface area contributed by atoms with Crippen molar-refractivity contribution < 1.29 is 28.1 Å². The van der Waals surface area contributed by atoms with Gasteiger partial charge < -0.3 is 23.8 Å². The number of ether oxygens (including phenoxy) is 4. The maximum atomic E-state index is 13.7. The Morgan fingerprint density at radius 2 is 1.75 bits per heavy atom. The Morgan fingerprint density at radius 3 is 2.43 bits per heavy atom. The highest BCUT2D eigenvalue weighted by molar-refractivity contribution is 7.99. The fourth-order valence-electron chi connectivity index (χ4n) is 3.01. The summed E-state index contributed by atoms with van der Waals surface area (Å²) in [5, 5.41) is -0.258. The van der Waals surface area contributed by atoms with Crippen molar-refractivity contribution in [2.75, 3.05) is 40.2 Å². The molecule has 1 unspecified atom stereocenters. The van der Waals surface area contributed by atoms with Gasteiger partial charge in [-0.05, 0) is 18.2 Å². The molecule has 1 fully saturated rings. The van der Waals surface area contributed by atoms with Crippen molar-refractivity contribution in [3.63, 3.8) is 0 Å². The first-order valence-electron chi connectivity index (χ1n) is 8.67. The Hall–Kier alpha value is -2.61. The molecule has 0 saturated carbocycles. The Morgan fingerprint density at radius 1 is 1.07 bits per heavy atom. The van der Waals surface area contributed by atoms with Gasteiger partial charge in [0.1, 0.15) is 11.1 Å². The average molecular weight is 407 g/mol. The van der Waals surface area contributed by atoms with E-state index in [-0.39, 0.29) is 23.6 Å². The van der Waals surface area contributed by atoms with Gasteiger partial charge in [0.2, 0.25) is 0 Å². The average Bonchev–Trinajstić information content (AvgIpc) is 3.21. The van der Waals surface area contributed by atoms with Gasteiger partial charge in [-0.15, -0.1) is 11.8 Å². The number of carbonyl (C=O) groups is 1. The van der Waals surface area contributed by atoms with E-state index in [1.165, 1.54) is 12.1 Å². The lowest BCUT2D eigenvalue weighted by molar-refractivity contribution is -0.133. The number of nitrogens with zero attached hydrogens (tertiary/aromatic N) is 1. The zero-order valence-corrected chi connectivity index (χ0v) is 16.8. The predicted molar refractivity (Wildman–Crippen MR) is 105 cm³/mol. The molecule has 0 bridgehead atoms. The minimum Gasteiger partial charge on any atom is -0.496 e. The summed E-state index contributed by atoms with van der Waals surface area (Å²) in [7, 11) is 4.68. The van der Waals surface area contributed by atoms with Crippen molar-refractivity contribution in [1.29, 1.82) is 0 Å². The van der Waals surface area contributed by atoms with Crippen LogP contribution in [0.5, 0.6) is 23.0 Å². The fourth-order valence-corrected chi connectivity index (χ4v) is 4.31. The Bertz CT molecular complexity index is 847. The molecule has 150 valence electrons. The number of halogens is 1. The molecule has 3 rings (SSSR count). The smallest absolute Gasteiger partial charge is 0.261 e. The largest absolute Gasteiger partial charge is 0.496 e. The van der Waals surface area contributed by atoms with Gasteiger partial charge in [0.05, 0.1) is 21.3 Å². The summed E-state index contributed by atoms with van der Waals surface area (Å²) >= 11 is 1.62. The summed E-state index contributed by atoms with van der Waals surface area (Å²) in [6.45, 7) is 0.319. The van der Waals surface area contributed by atoms with Crippen LogP contribution in [0, 0.1) is 5.82 Å². The molecule has 1 aliphatic heterocycles. The fraction of sp³-hybridized carbons (Fsp3) is 0.350. The molecule has 1 aliphatic rings. The number of hydrogen-bond acceptors (Lipinski definition) is 6. The molecule has 0 radical (unpaired) electrons. The van der Waals surface area contributed by atoms with Crippen molar-refractivity contribution >= 4 is 17.7 Å². The summed E-state index contributed by atoms with van der Waals surface area (Å²) in [4.78, 5) is 14.5. The molecule has 0 spiro atoms. The highest BCUT2D eigenvalue weighted by Gasteiger charge is 2.33. The first kappa shape index (κ1) is 20.1. The van der Waals surface area contributed by atoms with E-state index in [0.29, 0.717) is 23.8 Å². The third kappa shape index (κ3) is 4.11. The number of rotatable bonds is 7. The summed E-state index contributed by atoms with van der Waals surface area (Å²) in [6.07, 6.45) is 0. The monoisotopic (exact) mass is 407 g/mol. The minimum absolute atomic E-state index is 0.0583. The van der Waals surface area contributed by atoms with Crippen LogP contribution in [-0.4, -0.2) is 51.0 Å². The Kier molecular flexibility index (Phi) is 6.51. The normalized spacial score (nSPS) is 16.0. The van der Waals surface area contributed by atoms with Crippen LogP contribution in [0.25, 0.3) is 0 Å². The number of carbonyl (C=O) groups excluding carboxylic acids is 1.